The highest BCUT2D eigenvalue weighted by Crippen LogP contribution is 2.32. The predicted molar refractivity (Wildman–Crippen MR) is 71.4 cm³/mol. The van der Waals surface area contributed by atoms with E-state index in [1.165, 1.54) is 0 Å². The third-order valence-corrected chi connectivity index (χ3v) is 3.20. The van der Waals surface area contributed by atoms with Crippen molar-refractivity contribution >= 4 is 23.5 Å². The lowest BCUT2D eigenvalue weighted by Gasteiger charge is -2.06. The quantitative estimate of drug-likeness (QED) is 0.657. The lowest BCUT2D eigenvalue weighted by atomic mass is 9.77. The van der Waals surface area contributed by atoms with Crippen molar-refractivity contribution in [3.05, 3.63) is 54.7 Å². The van der Waals surface area contributed by atoms with Crippen LogP contribution in [-0.2, 0) is 0 Å². The predicted octanol–water partition coefficient (Wildman–Crippen LogP) is 2.33. The molecule has 0 saturated carbocycles. The van der Waals surface area contributed by atoms with Crippen molar-refractivity contribution in [2.75, 3.05) is 0 Å². The van der Waals surface area contributed by atoms with Crippen molar-refractivity contribution in [3.63, 3.8) is 0 Å². The summed E-state index contributed by atoms with van der Waals surface area (Å²) in [6.45, 7) is 0. The van der Waals surface area contributed by atoms with E-state index in [1.807, 2.05) is 54.7 Å². The van der Waals surface area contributed by atoms with Crippen molar-refractivity contribution in [3.8, 4) is 11.5 Å². The van der Waals surface area contributed by atoms with E-state index in [2.05, 4.69) is 4.98 Å². The summed E-state index contributed by atoms with van der Waals surface area (Å²) in [6.07, 6.45) is 1.93. The van der Waals surface area contributed by atoms with Crippen LogP contribution in [0.3, 0.4) is 0 Å². The first-order valence-electron chi connectivity index (χ1n) is 5.90. The van der Waals surface area contributed by atoms with Gasteiger partial charge in [0.05, 0.1) is 0 Å². The maximum atomic E-state index is 5.83. The molecule has 2 heterocycles. The van der Waals surface area contributed by atoms with Crippen molar-refractivity contribution in [2.24, 2.45) is 0 Å². The second-order valence-electron chi connectivity index (χ2n) is 4.30. The summed E-state index contributed by atoms with van der Waals surface area (Å²) in [5.74, 6) is 1.60. The lowest BCUT2D eigenvalue weighted by molar-refractivity contribution is 0.519. The van der Waals surface area contributed by atoms with Gasteiger partial charge >= 0.3 is 7.12 Å². The molecule has 1 aliphatic heterocycles. The summed E-state index contributed by atoms with van der Waals surface area (Å²) in [4.78, 5) is 3.19. The average Bonchev–Trinajstić information content (AvgIpc) is 3.04. The van der Waals surface area contributed by atoms with E-state index >= 15 is 0 Å². The molecule has 86 valence electrons. The molecule has 0 aliphatic carbocycles. The first kappa shape index (κ1) is 9.65. The largest absolute Gasteiger partial charge is 0.633 e. The Morgan fingerprint density at radius 1 is 0.833 bits per heavy atom. The molecule has 0 spiro atoms. The van der Waals surface area contributed by atoms with E-state index in [0.29, 0.717) is 0 Å². The first-order valence-corrected chi connectivity index (χ1v) is 5.90. The Morgan fingerprint density at radius 2 is 1.61 bits per heavy atom. The van der Waals surface area contributed by atoms with Crippen LogP contribution in [0.15, 0.2) is 54.7 Å². The van der Waals surface area contributed by atoms with Crippen LogP contribution in [0, 0.1) is 0 Å². The molecule has 1 aliphatic rings. The van der Waals surface area contributed by atoms with E-state index in [1.54, 1.807) is 0 Å². The molecule has 3 nitrogen and oxygen atoms in total. The molecular formula is C14H10BNO2. The van der Waals surface area contributed by atoms with Gasteiger partial charge in [-0.1, -0.05) is 24.3 Å². The molecule has 0 bridgehead atoms. The van der Waals surface area contributed by atoms with E-state index in [0.717, 1.165) is 27.9 Å². The van der Waals surface area contributed by atoms with E-state index in [-0.39, 0.29) is 7.12 Å². The second-order valence-corrected chi connectivity index (χ2v) is 4.30. The molecule has 2 aromatic carbocycles. The third-order valence-electron chi connectivity index (χ3n) is 3.20. The molecule has 4 heteroatoms. The monoisotopic (exact) mass is 235 g/mol. The van der Waals surface area contributed by atoms with Crippen molar-refractivity contribution in [1.82, 2.24) is 4.98 Å². The highest BCUT2D eigenvalue weighted by atomic mass is 16.6. The summed E-state index contributed by atoms with van der Waals surface area (Å²) in [6, 6.07) is 15.9. The number of H-pyrrole nitrogens is 1. The van der Waals surface area contributed by atoms with Crippen LogP contribution in [0.5, 0.6) is 11.5 Å². The molecule has 0 amide bonds. The Labute approximate surface area is 104 Å². The molecule has 1 N–H and O–H groups in total. The molecule has 18 heavy (non-hydrogen) atoms. The van der Waals surface area contributed by atoms with Gasteiger partial charge < -0.3 is 14.3 Å². The number of rotatable bonds is 1. The van der Waals surface area contributed by atoms with Gasteiger partial charge in [0.1, 0.15) is 11.5 Å². The normalized spacial score (nSPS) is 13.2. The minimum absolute atomic E-state index is 0.359. The highest BCUT2D eigenvalue weighted by Gasteiger charge is 2.35. The first-order chi connectivity index (χ1) is 8.92. The zero-order valence-electron chi connectivity index (χ0n) is 9.59. The lowest BCUT2D eigenvalue weighted by Crippen LogP contribution is -2.39. The number of hydrogen-bond donors (Lipinski definition) is 1. The van der Waals surface area contributed by atoms with Gasteiger partial charge in [0.15, 0.2) is 0 Å². The van der Waals surface area contributed by atoms with Crippen LogP contribution in [0.25, 0.3) is 10.9 Å². The summed E-state index contributed by atoms with van der Waals surface area (Å²) < 4.78 is 11.7. The second kappa shape index (κ2) is 3.57. The van der Waals surface area contributed by atoms with Gasteiger partial charge in [0.2, 0.25) is 0 Å². The standard InChI is InChI=1S/C14H10BNO2/c1-2-7-14-13(6-1)17-15(18-14)11-4-3-5-12-10(11)8-9-16-12/h1-9,16H. The maximum absolute atomic E-state index is 5.83. The number of benzene rings is 2. The van der Waals surface area contributed by atoms with Gasteiger partial charge in [-0.3, -0.25) is 0 Å². The molecule has 3 aromatic rings. The topological polar surface area (TPSA) is 34.2 Å². The number of aromatic nitrogens is 1. The number of para-hydroxylation sites is 2. The summed E-state index contributed by atoms with van der Waals surface area (Å²) >= 11 is 0. The molecular weight excluding hydrogens is 225 g/mol. The SMILES string of the molecule is c1ccc2c(c1)OB(c1cccc3[nH]ccc13)O2. The molecule has 0 radical (unpaired) electrons. The zero-order chi connectivity index (χ0) is 11.9. The summed E-state index contributed by atoms with van der Waals surface area (Å²) in [5.41, 5.74) is 2.14. The third kappa shape index (κ3) is 1.32. The van der Waals surface area contributed by atoms with Crippen molar-refractivity contribution < 1.29 is 9.31 Å². The fourth-order valence-electron chi connectivity index (χ4n) is 2.34. The van der Waals surface area contributed by atoms with Crippen LogP contribution in [0.1, 0.15) is 0 Å². The smallest absolute Gasteiger partial charge is 0.519 e. The van der Waals surface area contributed by atoms with E-state index < -0.39 is 0 Å². The Kier molecular flexibility index (Phi) is 1.91. The van der Waals surface area contributed by atoms with Crippen molar-refractivity contribution in [1.29, 1.82) is 0 Å². The van der Waals surface area contributed by atoms with Gasteiger partial charge in [-0.15, -0.1) is 0 Å². The molecule has 0 fully saturated rings. The molecule has 4 rings (SSSR count). The Balaban J connectivity index is 1.80. The highest BCUT2D eigenvalue weighted by molar-refractivity contribution is 6.66. The van der Waals surface area contributed by atoms with Crippen molar-refractivity contribution in [2.45, 2.75) is 0 Å². The van der Waals surface area contributed by atoms with Crippen LogP contribution >= 0.6 is 0 Å². The Hall–Kier alpha value is -2.36. The Bertz CT molecular complexity index is 697. The van der Waals surface area contributed by atoms with Crippen LogP contribution in [0.4, 0.5) is 0 Å². The van der Waals surface area contributed by atoms with Crippen LogP contribution in [0.2, 0.25) is 0 Å². The molecule has 0 unspecified atom stereocenters. The van der Waals surface area contributed by atoms with Gasteiger partial charge in [-0.05, 0) is 24.3 Å². The summed E-state index contributed by atoms with van der Waals surface area (Å²) in [5, 5.41) is 1.13. The van der Waals surface area contributed by atoms with Gasteiger partial charge in [0.25, 0.3) is 0 Å². The van der Waals surface area contributed by atoms with E-state index in [9.17, 15) is 0 Å². The molecule has 0 saturated heterocycles. The maximum Gasteiger partial charge on any atom is 0.633 e. The number of nitrogens with one attached hydrogen (secondary N) is 1. The number of hydrogen-bond acceptors (Lipinski definition) is 2. The minimum Gasteiger partial charge on any atom is -0.519 e. The van der Waals surface area contributed by atoms with Gasteiger partial charge in [-0.2, -0.15) is 0 Å². The minimum atomic E-state index is -0.359. The van der Waals surface area contributed by atoms with E-state index in [4.69, 9.17) is 9.31 Å². The fourth-order valence-corrected chi connectivity index (χ4v) is 2.34. The number of fused-ring (bicyclic) bond motifs is 2. The van der Waals surface area contributed by atoms with Crippen LogP contribution in [-0.4, -0.2) is 12.1 Å². The number of aromatic amines is 1. The zero-order valence-corrected chi connectivity index (χ0v) is 9.59. The molecule has 1 aromatic heterocycles. The molecule has 0 atom stereocenters. The fraction of sp³-hybridized carbons (Fsp3) is 0. The van der Waals surface area contributed by atoms with Gasteiger partial charge in [-0.25, -0.2) is 0 Å². The van der Waals surface area contributed by atoms with Gasteiger partial charge in [0, 0.05) is 22.6 Å². The average molecular weight is 235 g/mol. The summed E-state index contributed by atoms with van der Waals surface area (Å²) in [7, 11) is -0.359. The van der Waals surface area contributed by atoms with Crippen LogP contribution < -0.4 is 14.8 Å². The Morgan fingerprint density at radius 3 is 2.39 bits per heavy atom.